The van der Waals surface area contributed by atoms with Gasteiger partial charge in [-0.15, -0.1) is 0 Å². The van der Waals surface area contributed by atoms with E-state index >= 15 is 0 Å². The number of aryl methyl sites for hydroxylation is 2. The first-order valence-corrected chi connectivity index (χ1v) is 5.40. The number of nitrogens with zero attached hydrogens (tertiary/aromatic N) is 2. The number of aromatic nitrogens is 2. The van der Waals surface area contributed by atoms with Gasteiger partial charge in [0.2, 0.25) is 0 Å². The van der Waals surface area contributed by atoms with Gasteiger partial charge in [0.05, 0.1) is 11.4 Å². The average molecular weight is 237 g/mol. The molecule has 0 bridgehead atoms. The van der Waals surface area contributed by atoms with Crippen LogP contribution in [-0.2, 0) is 7.05 Å². The highest BCUT2D eigenvalue weighted by atomic mass is 35.5. The van der Waals surface area contributed by atoms with Gasteiger partial charge in [-0.1, -0.05) is 23.7 Å². The maximum absolute atomic E-state index is 10.2. The summed E-state index contributed by atoms with van der Waals surface area (Å²) in [6.07, 6.45) is -0.690. The van der Waals surface area contributed by atoms with Crippen LogP contribution < -0.4 is 0 Å². The Hall–Kier alpha value is -1.32. The quantitative estimate of drug-likeness (QED) is 0.870. The number of aliphatic hydroxyl groups is 1. The van der Waals surface area contributed by atoms with Crippen molar-refractivity contribution in [3.63, 3.8) is 0 Å². The minimum Gasteiger partial charge on any atom is -0.382 e. The average Bonchev–Trinajstić information content (AvgIpc) is 2.57. The molecule has 84 valence electrons. The van der Waals surface area contributed by atoms with Crippen LogP contribution in [0.25, 0.3) is 0 Å². The van der Waals surface area contributed by atoms with E-state index in [1.807, 2.05) is 32.2 Å². The highest BCUT2D eigenvalue weighted by Crippen LogP contribution is 2.24. The van der Waals surface area contributed by atoms with Gasteiger partial charge < -0.3 is 5.11 Å². The van der Waals surface area contributed by atoms with E-state index in [0.717, 1.165) is 17.0 Å². The maximum atomic E-state index is 10.2. The van der Waals surface area contributed by atoms with E-state index in [0.29, 0.717) is 5.02 Å². The van der Waals surface area contributed by atoms with Crippen molar-refractivity contribution in [3.05, 3.63) is 52.3 Å². The highest BCUT2D eigenvalue weighted by Gasteiger charge is 2.15. The highest BCUT2D eigenvalue weighted by molar-refractivity contribution is 6.30. The second-order valence-electron chi connectivity index (χ2n) is 3.79. The van der Waals surface area contributed by atoms with Crippen molar-refractivity contribution < 1.29 is 5.11 Å². The SMILES string of the molecule is Cc1cc(C(O)c2cccc(Cl)c2)n(C)n1. The van der Waals surface area contributed by atoms with Crippen LogP contribution in [0, 0.1) is 6.92 Å². The third-order valence-electron chi connectivity index (χ3n) is 2.48. The Morgan fingerprint density at radius 3 is 2.69 bits per heavy atom. The van der Waals surface area contributed by atoms with Gasteiger partial charge in [-0.3, -0.25) is 4.68 Å². The Balaban J connectivity index is 2.38. The number of aliphatic hydroxyl groups excluding tert-OH is 1. The summed E-state index contributed by atoms with van der Waals surface area (Å²) in [5, 5.41) is 15.0. The van der Waals surface area contributed by atoms with Crippen molar-refractivity contribution >= 4 is 11.6 Å². The van der Waals surface area contributed by atoms with Gasteiger partial charge >= 0.3 is 0 Å². The van der Waals surface area contributed by atoms with Crippen molar-refractivity contribution in [3.8, 4) is 0 Å². The molecular weight excluding hydrogens is 224 g/mol. The molecule has 0 aliphatic carbocycles. The largest absolute Gasteiger partial charge is 0.382 e. The number of benzene rings is 1. The van der Waals surface area contributed by atoms with E-state index < -0.39 is 6.10 Å². The molecular formula is C12H13ClN2O. The molecule has 16 heavy (non-hydrogen) atoms. The monoisotopic (exact) mass is 236 g/mol. The zero-order valence-electron chi connectivity index (χ0n) is 9.18. The van der Waals surface area contributed by atoms with Gasteiger partial charge in [0.1, 0.15) is 6.10 Å². The Kier molecular flexibility index (Phi) is 2.99. The normalized spacial score (nSPS) is 12.8. The zero-order chi connectivity index (χ0) is 11.7. The molecule has 0 fully saturated rings. The van der Waals surface area contributed by atoms with E-state index in [4.69, 9.17) is 11.6 Å². The topological polar surface area (TPSA) is 38.0 Å². The third-order valence-corrected chi connectivity index (χ3v) is 2.72. The molecule has 1 heterocycles. The maximum Gasteiger partial charge on any atom is 0.121 e. The van der Waals surface area contributed by atoms with E-state index in [2.05, 4.69) is 5.10 Å². The molecule has 1 atom stereocenters. The Labute approximate surface area is 99.3 Å². The molecule has 1 aromatic carbocycles. The molecule has 1 aromatic heterocycles. The molecule has 1 unspecified atom stereocenters. The first-order chi connectivity index (χ1) is 7.58. The fourth-order valence-corrected chi connectivity index (χ4v) is 1.93. The molecule has 0 aliphatic rings. The second-order valence-corrected chi connectivity index (χ2v) is 4.23. The first kappa shape index (κ1) is 11.2. The molecule has 0 spiro atoms. The number of hydrogen-bond donors (Lipinski definition) is 1. The fourth-order valence-electron chi connectivity index (χ4n) is 1.73. The second kappa shape index (κ2) is 4.28. The van der Waals surface area contributed by atoms with Crippen LogP contribution >= 0.6 is 11.6 Å². The van der Waals surface area contributed by atoms with Crippen molar-refractivity contribution in [2.24, 2.45) is 7.05 Å². The number of hydrogen-bond acceptors (Lipinski definition) is 2. The Bertz CT molecular complexity index is 507. The number of rotatable bonds is 2. The summed E-state index contributed by atoms with van der Waals surface area (Å²) in [4.78, 5) is 0. The lowest BCUT2D eigenvalue weighted by molar-refractivity contribution is 0.210. The molecule has 4 heteroatoms. The lowest BCUT2D eigenvalue weighted by Crippen LogP contribution is -2.06. The molecule has 0 saturated carbocycles. The van der Waals surface area contributed by atoms with Crippen molar-refractivity contribution in [1.82, 2.24) is 9.78 Å². The van der Waals surface area contributed by atoms with Crippen LogP contribution in [-0.4, -0.2) is 14.9 Å². The van der Waals surface area contributed by atoms with Crippen LogP contribution in [0.1, 0.15) is 23.1 Å². The Morgan fingerprint density at radius 2 is 2.12 bits per heavy atom. The van der Waals surface area contributed by atoms with E-state index in [-0.39, 0.29) is 0 Å². The smallest absolute Gasteiger partial charge is 0.121 e. The lowest BCUT2D eigenvalue weighted by Gasteiger charge is -2.11. The summed E-state index contributed by atoms with van der Waals surface area (Å²) in [6, 6.07) is 9.08. The molecule has 2 rings (SSSR count). The molecule has 1 N–H and O–H groups in total. The zero-order valence-corrected chi connectivity index (χ0v) is 9.94. The van der Waals surface area contributed by atoms with Gasteiger partial charge in [0, 0.05) is 12.1 Å². The van der Waals surface area contributed by atoms with Crippen LogP contribution in [0.5, 0.6) is 0 Å². The molecule has 0 amide bonds. The van der Waals surface area contributed by atoms with Crippen LogP contribution in [0.15, 0.2) is 30.3 Å². The summed E-state index contributed by atoms with van der Waals surface area (Å²) >= 11 is 5.89. The lowest BCUT2D eigenvalue weighted by atomic mass is 10.1. The van der Waals surface area contributed by atoms with E-state index in [1.165, 1.54) is 0 Å². The van der Waals surface area contributed by atoms with E-state index in [1.54, 1.807) is 16.8 Å². The summed E-state index contributed by atoms with van der Waals surface area (Å²) in [7, 11) is 1.82. The molecule has 2 aromatic rings. The van der Waals surface area contributed by atoms with Crippen LogP contribution in [0.2, 0.25) is 5.02 Å². The van der Waals surface area contributed by atoms with Gasteiger partial charge in [-0.05, 0) is 30.7 Å². The molecule has 0 radical (unpaired) electrons. The summed E-state index contributed by atoms with van der Waals surface area (Å²) in [5.41, 5.74) is 2.42. The van der Waals surface area contributed by atoms with Crippen molar-refractivity contribution in [2.45, 2.75) is 13.0 Å². The molecule has 0 aliphatic heterocycles. The predicted molar refractivity (Wildman–Crippen MR) is 63.5 cm³/mol. The molecule has 0 saturated heterocycles. The minimum absolute atomic E-state index is 0.621. The fraction of sp³-hybridized carbons (Fsp3) is 0.250. The summed E-state index contributed by atoms with van der Waals surface area (Å²) in [6.45, 7) is 1.90. The summed E-state index contributed by atoms with van der Waals surface area (Å²) < 4.78 is 1.68. The first-order valence-electron chi connectivity index (χ1n) is 5.02. The standard InChI is InChI=1S/C12H13ClN2O/c1-8-6-11(15(2)14-8)12(16)9-4-3-5-10(13)7-9/h3-7,12,16H,1-2H3. The van der Waals surface area contributed by atoms with Gasteiger partial charge in [-0.2, -0.15) is 5.10 Å². The Morgan fingerprint density at radius 1 is 1.38 bits per heavy atom. The van der Waals surface area contributed by atoms with Crippen LogP contribution in [0.4, 0.5) is 0 Å². The van der Waals surface area contributed by atoms with Gasteiger partial charge in [-0.25, -0.2) is 0 Å². The van der Waals surface area contributed by atoms with Gasteiger partial charge in [0.25, 0.3) is 0 Å². The van der Waals surface area contributed by atoms with E-state index in [9.17, 15) is 5.11 Å². The minimum atomic E-state index is -0.690. The predicted octanol–water partition coefficient (Wildman–Crippen LogP) is 2.46. The molecule has 3 nitrogen and oxygen atoms in total. The third kappa shape index (κ3) is 2.10. The van der Waals surface area contributed by atoms with Crippen molar-refractivity contribution in [2.75, 3.05) is 0 Å². The number of halogens is 1. The summed E-state index contributed by atoms with van der Waals surface area (Å²) in [5.74, 6) is 0. The van der Waals surface area contributed by atoms with Crippen molar-refractivity contribution in [1.29, 1.82) is 0 Å². The van der Waals surface area contributed by atoms with Crippen LogP contribution in [0.3, 0.4) is 0 Å². The van der Waals surface area contributed by atoms with Gasteiger partial charge in [0.15, 0.2) is 0 Å².